The third-order valence-corrected chi connectivity index (χ3v) is 6.30. The number of nitrogens with one attached hydrogen (secondary N) is 3. The second-order valence-corrected chi connectivity index (χ2v) is 9.25. The largest absolute Gasteiger partial charge is 0.348 e. The predicted molar refractivity (Wildman–Crippen MR) is 137 cm³/mol. The topological polar surface area (TPSA) is 90.1 Å². The van der Waals surface area contributed by atoms with Gasteiger partial charge in [-0.2, -0.15) is 0 Å². The quantitative estimate of drug-likeness (QED) is 0.351. The van der Waals surface area contributed by atoms with Crippen molar-refractivity contribution in [3.8, 4) is 22.5 Å². The van der Waals surface area contributed by atoms with E-state index in [-0.39, 0.29) is 23.7 Å². The number of hydrogen-bond donors (Lipinski definition) is 3. The molecular formula is C28H25F2N5O2. The van der Waals surface area contributed by atoms with Crippen molar-refractivity contribution in [2.45, 2.75) is 20.0 Å². The van der Waals surface area contributed by atoms with Gasteiger partial charge in [0.15, 0.2) is 0 Å². The summed E-state index contributed by atoms with van der Waals surface area (Å²) in [7, 11) is 3.92. The average molecular weight is 502 g/mol. The van der Waals surface area contributed by atoms with Crippen LogP contribution in [0, 0.1) is 18.6 Å². The van der Waals surface area contributed by atoms with E-state index in [1.165, 1.54) is 30.3 Å². The minimum absolute atomic E-state index is 0.237. The molecule has 0 aliphatic carbocycles. The molecule has 0 radical (unpaired) electrons. The van der Waals surface area contributed by atoms with Crippen LogP contribution < -0.4 is 10.6 Å². The number of hydrogen-bond acceptors (Lipinski definition) is 4. The highest BCUT2D eigenvalue weighted by Crippen LogP contribution is 2.37. The van der Waals surface area contributed by atoms with Crippen LogP contribution >= 0.6 is 0 Å². The maximum absolute atomic E-state index is 15.3. The number of halogens is 2. The second kappa shape index (κ2) is 9.59. The van der Waals surface area contributed by atoms with Gasteiger partial charge in [0, 0.05) is 41.2 Å². The van der Waals surface area contributed by atoms with Crippen LogP contribution in [-0.4, -0.2) is 40.8 Å². The summed E-state index contributed by atoms with van der Waals surface area (Å²) in [6, 6.07) is 13.0. The smallest absolute Gasteiger partial charge is 0.255 e. The van der Waals surface area contributed by atoms with Crippen molar-refractivity contribution in [1.29, 1.82) is 0 Å². The Hall–Kier alpha value is -4.37. The van der Waals surface area contributed by atoms with E-state index in [9.17, 15) is 14.0 Å². The lowest BCUT2D eigenvalue weighted by Gasteiger charge is -2.13. The molecule has 37 heavy (non-hydrogen) atoms. The van der Waals surface area contributed by atoms with Crippen molar-refractivity contribution in [3.05, 3.63) is 94.3 Å². The van der Waals surface area contributed by atoms with E-state index in [0.29, 0.717) is 40.2 Å². The van der Waals surface area contributed by atoms with Crippen LogP contribution in [0.3, 0.4) is 0 Å². The Morgan fingerprint density at radius 3 is 2.43 bits per heavy atom. The van der Waals surface area contributed by atoms with E-state index < -0.39 is 17.5 Å². The molecule has 4 aromatic rings. The van der Waals surface area contributed by atoms with Gasteiger partial charge < -0.3 is 20.5 Å². The second-order valence-electron chi connectivity index (χ2n) is 9.25. The third-order valence-electron chi connectivity index (χ3n) is 6.30. The molecule has 3 N–H and O–H groups in total. The summed E-state index contributed by atoms with van der Waals surface area (Å²) in [5.74, 6) is -1.12. The zero-order chi connectivity index (χ0) is 26.3. The van der Waals surface area contributed by atoms with Crippen LogP contribution in [0.2, 0.25) is 0 Å². The van der Waals surface area contributed by atoms with Crippen molar-refractivity contribution >= 4 is 17.5 Å². The summed E-state index contributed by atoms with van der Waals surface area (Å²) >= 11 is 0. The van der Waals surface area contributed by atoms with E-state index in [4.69, 9.17) is 4.98 Å². The first-order valence-electron chi connectivity index (χ1n) is 11.7. The number of carbonyl (C=O) groups excluding carboxylic acids is 2. The number of carbonyl (C=O) groups is 2. The first kappa shape index (κ1) is 24.3. The summed E-state index contributed by atoms with van der Waals surface area (Å²) in [5, 5.41) is 5.47. The van der Waals surface area contributed by atoms with Gasteiger partial charge in [-0.15, -0.1) is 0 Å². The SMILES string of the molecule is Cc1[nH]c(-c2ccc(-c3ccc(NC(=O)c4ccc(F)cc4)cc3F)c3c2C(=O)NC3)nc1CN(C)C. The molecule has 0 saturated heterocycles. The molecule has 0 unspecified atom stereocenters. The van der Waals surface area contributed by atoms with Gasteiger partial charge >= 0.3 is 0 Å². The lowest BCUT2D eigenvalue weighted by atomic mass is 9.92. The van der Waals surface area contributed by atoms with Crippen LogP contribution in [0.5, 0.6) is 0 Å². The van der Waals surface area contributed by atoms with Crippen molar-refractivity contribution in [3.63, 3.8) is 0 Å². The molecule has 3 aromatic carbocycles. The summed E-state index contributed by atoms with van der Waals surface area (Å²) in [5.41, 5.74) is 5.04. The molecule has 0 spiro atoms. The molecule has 0 fully saturated rings. The Morgan fingerprint density at radius 1 is 1.03 bits per heavy atom. The Kier molecular flexibility index (Phi) is 6.31. The van der Waals surface area contributed by atoms with Crippen LogP contribution in [-0.2, 0) is 13.1 Å². The van der Waals surface area contributed by atoms with Crippen LogP contribution in [0.1, 0.15) is 37.7 Å². The summed E-state index contributed by atoms with van der Waals surface area (Å²) in [6.07, 6.45) is 0. The van der Waals surface area contributed by atoms with Gasteiger partial charge in [-0.3, -0.25) is 9.59 Å². The van der Waals surface area contributed by atoms with Gasteiger partial charge in [0.1, 0.15) is 17.5 Å². The molecule has 1 aromatic heterocycles. The van der Waals surface area contributed by atoms with Crippen molar-refractivity contribution in [2.24, 2.45) is 0 Å². The van der Waals surface area contributed by atoms with Crippen LogP contribution in [0.15, 0.2) is 54.6 Å². The monoisotopic (exact) mass is 501 g/mol. The number of rotatable bonds is 6. The number of anilines is 1. The number of aromatic amines is 1. The molecule has 2 amide bonds. The van der Waals surface area contributed by atoms with Crippen molar-refractivity contribution < 1.29 is 18.4 Å². The molecule has 0 atom stereocenters. The van der Waals surface area contributed by atoms with Gasteiger partial charge in [0.2, 0.25) is 0 Å². The zero-order valence-corrected chi connectivity index (χ0v) is 20.6. The molecule has 1 aliphatic heterocycles. The summed E-state index contributed by atoms with van der Waals surface area (Å²) in [4.78, 5) is 35.2. The fourth-order valence-electron chi connectivity index (χ4n) is 4.49. The van der Waals surface area contributed by atoms with E-state index in [1.807, 2.05) is 25.9 Å². The molecule has 188 valence electrons. The number of imidazole rings is 1. The molecule has 9 heteroatoms. The van der Waals surface area contributed by atoms with Gasteiger partial charge in [-0.1, -0.05) is 6.07 Å². The van der Waals surface area contributed by atoms with E-state index in [1.54, 1.807) is 24.3 Å². The van der Waals surface area contributed by atoms with Gasteiger partial charge in [0.25, 0.3) is 11.8 Å². The minimum Gasteiger partial charge on any atom is -0.348 e. The number of benzene rings is 3. The molecule has 0 bridgehead atoms. The van der Waals surface area contributed by atoms with Crippen molar-refractivity contribution in [1.82, 2.24) is 20.2 Å². The number of amides is 2. The lowest BCUT2D eigenvalue weighted by Crippen LogP contribution is -2.13. The Morgan fingerprint density at radius 2 is 1.73 bits per heavy atom. The highest BCUT2D eigenvalue weighted by Gasteiger charge is 2.28. The Balaban J connectivity index is 1.47. The number of fused-ring (bicyclic) bond motifs is 1. The molecule has 2 heterocycles. The fraction of sp³-hybridized carbons (Fsp3) is 0.179. The first-order chi connectivity index (χ1) is 17.7. The van der Waals surface area contributed by atoms with Crippen LogP contribution in [0.4, 0.5) is 14.5 Å². The normalized spacial score (nSPS) is 12.5. The zero-order valence-electron chi connectivity index (χ0n) is 20.6. The highest BCUT2D eigenvalue weighted by molar-refractivity contribution is 6.06. The Labute approximate surface area is 212 Å². The third kappa shape index (κ3) is 4.73. The summed E-state index contributed by atoms with van der Waals surface area (Å²) < 4.78 is 28.4. The van der Waals surface area contributed by atoms with E-state index in [2.05, 4.69) is 15.6 Å². The first-order valence-corrected chi connectivity index (χ1v) is 11.7. The fourth-order valence-corrected chi connectivity index (χ4v) is 4.49. The maximum Gasteiger partial charge on any atom is 0.255 e. The number of H-pyrrole nitrogens is 1. The molecule has 7 nitrogen and oxygen atoms in total. The van der Waals surface area contributed by atoms with Crippen molar-refractivity contribution in [2.75, 3.05) is 19.4 Å². The van der Waals surface area contributed by atoms with E-state index in [0.717, 1.165) is 11.4 Å². The molecule has 0 saturated carbocycles. The predicted octanol–water partition coefficient (Wildman–Crippen LogP) is 4.89. The van der Waals surface area contributed by atoms with Crippen LogP contribution in [0.25, 0.3) is 22.5 Å². The summed E-state index contributed by atoms with van der Waals surface area (Å²) in [6.45, 7) is 2.87. The highest BCUT2D eigenvalue weighted by atomic mass is 19.1. The maximum atomic E-state index is 15.3. The Bertz CT molecular complexity index is 1530. The van der Waals surface area contributed by atoms with Gasteiger partial charge in [-0.25, -0.2) is 13.8 Å². The molecular weight excluding hydrogens is 476 g/mol. The number of aromatic nitrogens is 2. The van der Waals surface area contributed by atoms with Gasteiger partial charge in [-0.05, 0) is 80.7 Å². The standard InChI is InChI=1S/C28H25F2N5O2/c1-15-24(14-35(2)3)34-26(32-15)21-11-10-19(22-13-31-28(37)25(21)22)20-9-8-18(12-23(20)30)33-27(36)16-4-6-17(29)7-5-16/h4-12H,13-14H2,1-3H3,(H,31,37)(H,32,34)(H,33,36). The lowest BCUT2D eigenvalue weighted by molar-refractivity contribution is 0.0965. The number of nitrogens with zero attached hydrogens (tertiary/aromatic N) is 2. The molecule has 5 rings (SSSR count). The molecule has 1 aliphatic rings. The average Bonchev–Trinajstić information content (AvgIpc) is 3.42. The van der Waals surface area contributed by atoms with Gasteiger partial charge in [0.05, 0.1) is 11.3 Å². The minimum atomic E-state index is -0.548. The number of aryl methyl sites for hydroxylation is 1. The van der Waals surface area contributed by atoms with E-state index >= 15 is 4.39 Å².